The number of benzene rings is 1. The van der Waals surface area contributed by atoms with Crippen molar-refractivity contribution in [1.29, 1.82) is 0 Å². The van der Waals surface area contributed by atoms with Crippen LogP contribution >= 0.6 is 0 Å². The molecule has 3 nitrogen and oxygen atoms in total. The van der Waals surface area contributed by atoms with Gasteiger partial charge >= 0.3 is 0 Å². The minimum Gasteiger partial charge on any atom is -0.494 e. The van der Waals surface area contributed by atoms with Crippen molar-refractivity contribution >= 4 is 0 Å². The predicted octanol–water partition coefficient (Wildman–Crippen LogP) is 3.17. The van der Waals surface area contributed by atoms with Crippen LogP contribution in [0.2, 0.25) is 0 Å². The predicted molar refractivity (Wildman–Crippen MR) is 88.9 cm³/mol. The summed E-state index contributed by atoms with van der Waals surface area (Å²) in [6.45, 7) is 10.2. The number of nitrogens with zero attached hydrogens (tertiary/aromatic N) is 1. The number of ether oxygens (including phenoxy) is 1. The standard InChI is InChI=1S/C18H30N2O/c1-3-20-13-10-17(11-14-20)16(2)19-12-7-15-21-18-8-5-4-6-9-18/h4-6,8-9,16-17,19H,3,7,10-15H2,1-2H3. The average molecular weight is 290 g/mol. The SMILES string of the molecule is CCN1CCC(C(C)NCCCOc2ccccc2)CC1. The van der Waals surface area contributed by atoms with Crippen LogP contribution < -0.4 is 10.1 Å². The number of piperidine rings is 1. The smallest absolute Gasteiger partial charge is 0.119 e. The van der Waals surface area contributed by atoms with Gasteiger partial charge < -0.3 is 15.0 Å². The molecular weight excluding hydrogens is 260 g/mol. The minimum atomic E-state index is 0.626. The highest BCUT2D eigenvalue weighted by atomic mass is 16.5. The van der Waals surface area contributed by atoms with Gasteiger partial charge in [0.2, 0.25) is 0 Å². The lowest BCUT2D eigenvalue weighted by molar-refractivity contribution is 0.168. The van der Waals surface area contributed by atoms with Crippen molar-refractivity contribution in [3.8, 4) is 5.75 Å². The van der Waals surface area contributed by atoms with Crippen molar-refractivity contribution in [2.75, 3.05) is 32.8 Å². The molecule has 0 amide bonds. The van der Waals surface area contributed by atoms with Crippen molar-refractivity contribution < 1.29 is 4.74 Å². The first-order chi connectivity index (χ1) is 10.3. The quantitative estimate of drug-likeness (QED) is 0.744. The van der Waals surface area contributed by atoms with Gasteiger partial charge in [-0.3, -0.25) is 0 Å². The van der Waals surface area contributed by atoms with E-state index in [4.69, 9.17) is 4.74 Å². The highest BCUT2D eigenvalue weighted by Gasteiger charge is 2.22. The molecule has 21 heavy (non-hydrogen) atoms. The van der Waals surface area contributed by atoms with Gasteiger partial charge in [-0.25, -0.2) is 0 Å². The third-order valence-electron chi connectivity index (χ3n) is 4.59. The molecule has 1 N–H and O–H groups in total. The summed E-state index contributed by atoms with van der Waals surface area (Å²) in [5.74, 6) is 1.81. The van der Waals surface area contributed by atoms with Crippen LogP contribution in [0, 0.1) is 5.92 Å². The Hall–Kier alpha value is -1.06. The average Bonchev–Trinajstić information content (AvgIpc) is 2.55. The molecule has 1 aliphatic rings. The fraction of sp³-hybridized carbons (Fsp3) is 0.667. The highest BCUT2D eigenvalue weighted by molar-refractivity contribution is 5.20. The van der Waals surface area contributed by atoms with Gasteiger partial charge in [-0.05, 0) is 70.4 Å². The summed E-state index contributed by atoms with van der Waals surface area (Å²) >= 11 is 0. The van der Waals surface area contributed by atoms with Crippen LogP contribution in [-0.2, 0) is 0 Å². The first-order valence-electron chi connectivity index (χ1n) is 8.43. The topological polar surface area (TPSA) is 24.5 Å². The van der Waals surface area contributed by atoms with E-state index >= 15 is 0 Å². The molecule has 1 saturated heterocycles. The zero-order valence-electron chi connectivity index (χ0n) is 13.6. The Bertz CT molecular complexity index is 374. The van der Waals surface area contributed by atoms with Gasteiger partial charge in [0.1, 0.15) is 5.75 Å². The molecule has 0 bridgehead atoms. The monoisotopic (exact) mass is 290 g/mol. The van der Waals surface area contributed by atoms with E-state index in [-0.39, 0.29) is 0 Å². The molecule has 2 rings (SSSR count). The lowest BCUT2D eigenvalue weighted by Gasteiger charge is -2.34. The van der Waals surface area contributed by atoms with Crippen molar-refractivity contribution in [3.05, 3.63) is 30.3 Å². The van der Waals surface area contributed by atoms with E-state index in [2.05, 4.69) is 24.1 Å². The molecular formula is C18H30N2O. The molecule has 3 heteroatoms. The molecule has 1 aromatic rings. The summed E-state index contributed by atoms with van der Waals surface area (Å²) in [6, 6.07) is 10.7. The molecule has 1 aliphatic heterocycles. The van der Waals surface area contributed by atoms with Crippen molar-refractivity contribution in [2.45, 2.75) is 39.2 Å². The molecule has 1 fully saturated rings. The lowest BCUT2D eigenvalue weighted by atomic mass is 9.90. The second kappa shape index (κ2) is 9.06. The Kier molecular flexibility index (Phi) is 7.04. The summed E-state index contributed by atoms with van der Waals surface area (Å²) < 4.78 is 5.72. The maximum atomic E-state index is 5.72. The molecule has 1 aromatic carbocycles. The van der Waals surface area contributed by atoms with Crippen LogP contribution in [0.3, 0.4) is 0 Å². The maximum Gasteiger partial charge on any atom is 0.119 e. The number of hydrogen-bond acceptors (Lipinski definition) is 3. The van der Waals surface area contributed by atoms with Crippen molar-refractivity contribution in [2.24, 2.45) is 5.92 Å². The van der Waals surface area contributed by atoms with Gasteiger partial charge in [-0.1, -0.05) is 25.1 Å². The first-order valence-corrected chi connectivity index (χ1v) is 8.43. The number of rotatable bonds is 8. The van der Waals surface area contributed by atoms with Crippen LogP contribution in [0.4, 0.5) is 0 Å². The van der Waals surface area contributed by atoms with Gasteiger partial charge in [0.15, 0.2) is 0 Å². The lowest BCUT2D eigenvalue weighted by Crippen LogP contribution is -2.42. The molecule has 1 heterocycles. The molecule has 0 saturated carbocycles. The molecule has 1 atom stereocenters. The largest absolute Gasteiger partial charge is 0.494 e. The summed E-state index contributed by atoms with van der Waals surface area (Å²) in [5, 5.41) is 3.67. The van der Waals surface area contributed by atoms with E-state index < -0.39 is 0 Å². The van der Waals surface area contributed by atoms with Crippen LogP contribution in [0.5, 0.6) is 5.75 Å². The second-order valence-electron chi connectivity index (χ2n) is 6.03. The Morgan fingerprint density at radius 2 is 1.95 bits per heavy atom. The first kappa shape index (κ1) is 16.3. The van der Waals surface area contributed by atoms with E-state index in [1.807, 2.05) is 30.3 Å². The summed E-state index contributed by atoms with van der Waals surface area (Å²) in [4.78, 5) is 2.55. The van der Waals surface area contributed by atoms with Gasteiger partial charge in [-0.2, -0.15) is 0 Å². The highest BCUT2D eigenvalue weighted by Crippen LogP contribution is 2.20. The number of nitrogens with one attached hydrogen (secondary N) is 1. The van der Waals surface area contributed by atoms with Crippen LogP contribution in [0.25, 0.3) is 0 Å². The van der Waals surface area contributed by atoms with Crippen molar-refractivity contribution in [1.82, 2.24) is 10.2 Å². The summed E-state index contributed by atoms with van der Waals surface area (Å²) in [7, 11) is 0. The van der Waals surface area contributed by atoms with E-state index in [0.717, 1.165) is 31.2 Å². The fourth-order valence-electron chi connectivity index (χ4n) is 3.04. The third-order valence-corrected chi connectivity index (χ3v) is 4.59. The van der Waals surface area contributed by atoms with Gasteiger partial charge in [0.25, 0.3) is 0 Å². The second-order valence-corrected chi connectivity index (χ2v) is 6.03. The number of likely N-dealkylation sites (tertiary alicyclic amines) is 1. The van der Waals surface area contributed by atoms with E-state index in [1.54, 1.807) is 0 Å². The summed E-state index contributed by atoms with van der Waals surface area (Å²) in [6.07, 6.45) is 3.73. The molecule has 0 aliphatic carbocycles. The number of hydrogen-bond donors (Lipinski definition) is 1. The molecule has 0 spiro atoms. The van der Waals surface area contributed by atoms with E-state index in [9.17, 15) is 0 Å². The van der Waals surface area contributed by atoms with Crippen LogP contribution in [-0.4, -0.2) is 43.7 Å². The molecule has 118 valence electrons. The van der Waals surface area contributed by atoms with Gasteiger partial charge in [0, 0.05) is 6.04 Å². The minimum absolute atomic E-state index is 0.626. The Balaban J connectivity index is 1.54. The van der Waals surface area contributed by atoms with Gasteiger partial charge in [-0.15, -0.1) is 0 Å². The Morgan fingerprint density at radius 3 is 2.62 bits per heavy atom. The maximum absolute atomic E-state index is 5.72. The molecule has 0 radical (unpaired) electrons. The van der Waals surface area contributed by atoms with Gasteiger partial charge in [0.05, 0.1) is 6.61 Å². The Morgan fingerprint density at radius 1 is 1.24 bits per heavy atom. The summed E-state index contributed by atoms with van der Waals surface area (Å²) in [5.41, 5.74) is 0. The molecule has 0 aromatic heterocycles. The normalized spacial score (nSPS) is 18.6. The fourth-order valence-corrected chi connectivity index (χ4v) is 3.04. The van der Waals surface area contributed by atoms with E-state index in [1.165, 1.54) is 32.5 Å². The van der Waals surface area contributed by atoms with Crippen molar-refractivity contribution in [3.63, 3.8) is 0 Å². The zero-order chi connectivity index (χ0) is 14.9. The van der Waals surface area contributed by atoms with Crippen LogP contribution in [0.15, 0.2) is 30.3 Å². The number of para-hydroxylation sites is 1. The van der Waals surface area contributed by atoms with E-state index in [0.29, 0.717) is 6.04 Å². The molecule has 1 unspecified atom stereocenters. The third kappa shape index (κ3) is 5.68. The zero-order valence-corrected chi connectivity index (χ0v) is 13.6. The van der Waals surface area contributed by atoms with Crippen LogP contribution in [0.1, 0.15) is 33.1 Å². The Labute approximate surface area is 129 Å².